The van der Waals surface area contributed by atoms with E-state index in [9.17, 15) is 9.59 Å². The fourth-order valence-corrected chi connectivity index (χ4v) is 3.65. The van der Waals surface area contributed by atoms with Gasteiger partial charge in [0.1, 0.15) is 5.56 Å². The van der Waals surface area contributed by atoms with Gasteiger partial charge in [0.05, 0.1) is 15.6 Å². The number of hydrogen-bond acceptors (Lipinski definition) is 3. The standard InChI is InChI=1S/C22H15Cl2N3O2/c23-18-3-1-2-15(20(18)24)11-27-12-17(22(25)29)21(28)16-5-4-14(10-19(16)27)13-6-8-26-9-7-13/h1-10,12H,11H2,(H2,25,29). The molecule has 0 aliphatic carbocycles. The molecule has 4 rings (SSSR count). The fourth-order valence-electron chi connectivity index (χ4n) is 3.27. The molecular weight excluding hydrogens is 409 g/mol. The monoisotopic (exact) mass is 423 g/mol. The van der Waals surface area contributed by atoms with Gasteiger partial charge in [-0.1, -0.05) is 41.4 Å². The van der Waals surface area contributed by atoms with Crippen molar-refractivity contribution < 1.29 is 4.79 Å². The molecule has 0 saturated carbocycles. The summed E-state index contributed by atoms with van der Waals surface area (Å²) in [7, 11) is 0. The quantitative estimate of drug-likeness (QED) is 0.523. The van der Waals surface area contributed by atoms with Gasteiger partial charge in [-0.05, 0) is 47.0 Å². The van der Waals surface area contributed by atoms with E-state index >= 15 is 0 Å². The summed E-state index contributed by atoms with van der Waals surface area (Å²) in [5.41, 5.74) is 8.25. The van der Waals surface area contributed by atoms with Crippen LogP contribution in [0.1, 0.15) is 15.9 Å². The molecule has 4 aromatic rings. The summed E-state index contributed by atoms with van der Waals surface area (Å²) in [6, 6.07) is 14.5. The third-order valence-corrected chi connectivity index (χ3v) is 5.59. The summed E-state index contributed by atoms with van der Waals surface area (Å²) < 4.78 is 1.79. The Morgan fingerprint density at radius 1 is 1.03 bits per heavy atom. The van der Waals surface area contributed by atoms with Gasteiger partial charge in [0.25, 0.3) is 5.91 Å². The number of primary amides is 1. The highest BCUT2D eigenvalue weighted by Crippen LogP contribution is 2.28. The maximum absolute atomic E-state index is 12.8. The predicted octanol–water partition coefficient (Wildman–Crippen LogP) is 4.52. The van der Waals surface area contributed by atoms with E-state index in [1.54, 1.807) is 35.2 Å². The Morgan fingerprint density at radius 2 is 1.79 bits per heavy atom. The lowest BCUT2D eigenvalue weighted by molar-refractivity contribution is 0.0999. The normalized spacial score (nSPS) is 11.0. The summed E-state index contributed by atoms with van der Waals surface area (Å²) in [5.74, 6) is -0.777. The largest absolute Gasteiger partial charge is 0.365 e. The molecule has 2 aromatic carbocycles. The van der Waals surface area contributed by atoms with Crippen molar-refractivity contribution in [3.8, 4) is 11.1 Å². The van der Waals surface area contributed by atoms with Gasteiger partial charge in [-0.25, -0.2) is 0 Å². The topological polar surface area (TPSA) is 78.0 Å². The Balaban J connectivity index is 1.97. The first kappa shape index (κ1) is 19.2. The second-order valence-electron chi connectivity index (χ2n) is 6.54. The summed E-state index contributed by atoms with van der Waals surface area (Å²) in [6.07, 6.45) is 4.88. The van der Waals surface area contributed by atoms with Crippen molar-refractivity contribution in [2.24, 2.45) is 5.73 Å². The van der Waals surface area contributed by atoms with Crippen LogP contribution in [0.3, 0.4) is 0 Å². The van der Waals surface area contributed by atoms with Crippen molar-refractivity contribution in [3.05, 3.63) is 98.5 Å². The number of carbonyl (C=O) groups is 1. The van der Waals surface area contributed by atoms with E-state index < -0.39 is 11.3 Å². The highest BCUT2D eigenvalue weighted by Gasteiger charge is 2.15. The van der Waals surface area contributed by atoms with Crippen LogP contribution in [-0.4, -0.2) is 15.5 Å². The average molecular weight is 424 g/mol. The van der Waals surface area contributed by atoms with Crippen molar-refractivity contribution in [1.29, 1.82) is 0 Å². The summed E-state index contributed by atoms with van der Waals surface area (Å²) in [6.45, 7) is 0.316. The first-order valence-electron chi connectivity index (χ1n) is 8.76. The minimum Gasteiger partial charge on any atom is -0.365 e. The van der Waals surface area contributed by atoms with Crippen LogP contribution >= 0.6 is 23.2 Å². The zero-order valence-corrected chi connectivity index (χ0v) is 16.6. The Hall–Kier alpha value is -3.15. The van der Waals surface area contributed by atoms with Gasteiger partial charge in [0.2, 0.25) is 5.43 Å². The van der Waals surface area contributed by atoms with Crippen LogP contribution in [0.4, 0.5) is 0 Å². The maximum atomic E-state index is 12.8. The molecular formula is C22H15Cl2N3O2. The maximum Gasteiger partial charge on any atom is 0.254 e. The van der Waals surface area contributed by atoms with Crippen molar-refractivity contribution in [1.82, 2.24) is 9.55 Å². The fraction of sp³-hybridized carbons (Fsp3) is 0.0455. The van der Waals surface area contributed by atoms with E-state index in [-0.39, 0.29) is 5.56 Å². The molecule has 0 fully saturated rings. The molecule has 2 N–H and O–H groups in total. The van der Waals surface area contributed by atoms with Crippen molar-refractivity contribution in [3.63, 3.8) is 0 Å². The number of nitrogens with zero attached hydrogens (tertiary/aromatic N) is 2. The molecule has 0 unspecified atom stereocenters. The van der Waals surface area contributed by atoms with Gasteiger partial charge in [-0.2, -0.15) is 0 Å². The molecule has 144 valence electrons. The number of nitrogens with two attached hydrogens (primary N) is 1. The van der Waals surface area contributed by atoms with Gasteiger partial charge in [0, 0.05) is 30.5 Å². The molecule has 0 aliphatic rings. The van der Waals surface area contributed by atoms with Crippen molar-refractivity contribution >= 4 is 40.0 Å². The molecule has 2 aromatic heterocycles. The van der Waals surface area contributed by atoms with Crippen molar-refractivity contribution in [2.45, 2.75) is 6.54 Å². The van der Waals surface area contributed by atoms with Crippen LogP contribution in [0.15, 0.2) is 71.9 Å². The van der Waals surface area contributed by atoms with Gasteiger partial charge in [-0.15, -0.1) is 0 Å². The van der Waals surface area contributed by atoms with Crippen LogP contribution in [0.25, 0.3) is 22.0 Å². The van der Waals surface area contributed by atoms with Crippen LogP contribution < -0.4 is 11.2 Å². The van der Waals surface area contributed by atoms with Crippen LogP contribution in [0.2, 0.25) is 10.0 Å². The molecule has 0 bridgehead atoms. The summed E-state index contributed by atoms with van der Waals surface area (Å²) in [5, 5.41) is 1.26. The third kappa shape index (κ3) is 3.62. The highest BCUT2D eigenvalue weighted by atomic mass is 35.5. The number of hydrogen-bond donors (Lipinski definition) is 1. The van der Waals surface area contributed by atoms with E-state index in [0.717, 1.165) is 16.7 Å². The molecule has 0 spiro atoms. The van der Waals surface area contributed by atoms with E-state index in [1.165, 1.54) is 6.20 Å². The summed E-state index contributed by atoms with van der Waals surface area (Å²) >= 11 is 12.5. The van der Waals surface area contributed by atoms with Crippen LogP contribution in [-0.2, 0) is 6.54 Å². The number of fused-ring (bicyclic) bond motifs is 1. The van der Waals surface area contributed by atoms with Gasteiger partial charge in [-0.3, -0.25) is 14.6 Å². The lowest BCUT2D eigenvalue weighted by Gasteiger charge is -2.15. The first-order valence-corrected chi connectivity index (χ1v) is 9.51. The van der Waals surface area contributed by atoms with E-state index in [0.29, 0.717) is 27.5 Å². The molecule has 7 heteroatoms. The number of halogens is 2. The third-order valence-electron chi connectivity index (χ3n) is 4.73. The number of amides is 1. The van der Waals surface area contributed by atoms with Gasteiger partial charge < -0.3 is 10.3 Å². The SMILES string of the molecule is NC(=O)c1cn(Cc2cccc(Cl)c2Cl)c2cc(-c3ccncc3)ccc2c1=O. The smallest absolute Gasteiger partial charge is 0.254 e. The minimum absolute atomic E-state index is 0.0766. The van der Waals surface area contributed by atoms with Crippen molar-refractivity contribution in [2.75, 3.05) is 0 Å². The second kappa shape index (κ2) is 7.70. The molecule has 29 heavy (non-hydrogen) atoms. The zero-order chi connectivity index (χ0) is 20.5. The van der Waals surface area contributed by atoms with Crippen LogP contribution in [0, 0.1) is 0 Å². The van der Waals surface area contributed by atoms with E-state index in [2.05, 4.69) is 4.98 Å². The Morgan fingerprint density at radius 3 is 2.52 bits per heavy atom. The number of pyridine rings is 2. The molecule has 2 heterocycles. The van der Waals surface area contributed by atoms with E-state index in [4.69, 9.17) is 28.9 Å². The van der Waals surface area contributed by atoms with Crippen LogP contribution in [0.5, 0.6) is 0 Å². The number of rotatable bonds is 4. The molecule has 0 atom stereocenters. The summed E-state index contributed by atoms with van der Waals surface area (Å²) in [4.78, 5) is 28.6. The zero-order valence-electron chi connectivity index (χ0n) is 15.1. The second-order valence-corrected chi connectivity index (χ2v) is 7.33. The lowest BCUT2D eigenvalue weighted by Crippen LogP contribution is -2.24. The van der Waals surface area contributed by atoms with E-state index in [1.807, 2.05) is 30.3 Å². The molecule has 1 amide bonds. The number of aromatic nitrogens is 2. The molecule has 5 nitrogen and oxygen atoms in total. The lowest BCUT2D eigenvalue weighted by atomic mass is 10.0. The Labute approximate surface area is 176 Å². The number of benzene rings is 2. The Kier molecular flexibility index (Phi) is 5.09. The number of carbonyl (C=O) groups excluding carboxylic acids is 1. The molecule has 0 radical (unpaired) electrons. The predicted molar refractivity (Wildman–Crippen MR) is 116 cm³/mol. The highest BCUT2D eigenvalue weighted by molar-refractivity contribution is 6.42. The van der Waals surface area contributed by atoms with Gasteiger partial charge >= 0.3 is 0 Å². The minimum atomic E-state index is -0.777. The van der Waals surface area contributed by atoms with Gasteiger partial charge in [0.15, 0.2) is 0 Å². The molecule has 0 aliphatic heterocycles. The Bertz CT molecular complexity index is 1300. The molecule has 0 saturated heterocycles. The average Bonchev–Trinajstić information content (AvgIpc) is 2.73. The first-order chi connectivity index (χ1) is 14.0.